The second-order valence-corrected chi connectivity index (χ2v) is 6.85. The van der Waals surface area contributed by atoms with Crippen LogP contribution in [-0.4, -0.2) is 18.0 Å². The lowest BCUT2D eigenvalue weighted by molar-refractivity contribution is 0.260. The van der Waals surface area contributed by atoms with E-state index < -0.39 is 0 Å². The van der Waals surface area contributed by atoms with E-state index in [2.05, 4.69) is 51.7 Å². The Labute approximate surface area is 144 Å². The van der Waals surface area contributed by atoms with Gasteiger partial charge in [-0.3, -0.25) is 4.90 Å². The summed E-state index contributed by atoms with van der Waals surface area (Å²) in [7, 11) is 0. The number of benzene rings is 1. The molecule has 0 fully saturated rings. The van der Waals surface area contributed by atoms with E-state index in [1.165, 1.54) is 50.8 Å². The van der Waals surface area contributed by atoms with Crippen LogP contribution in [0.25, 0.3) is 0 Å². The van der Waals surface area contributed by atoms with Gasteiger partial charge in [0.2, 0.25) is 0 Å². The molecule has 128 valence electrons. The Bertz CT molecular complexity index is 362. The molecule has 0 aliphatic heterocycles. The first kappa shape index (κ1) is 21.5. The second kappa shape index (κ2) is 14.1. The maximum atomic E-state index is 6.01. The van der Waals surface area contributed by atoms with Crippen molar-refractivity contribution in [3.05, 3.63) is 34.9 Å². The molecule has 1 rings (SSSR count). The van der Waals surface area contributed by atoms with Gasteiger partial charge >= 0.3 is 0 Å². The second-order valence-electron chi connectivity index (χ2n) is 6.42. The Morgan fingerprint density at radius 1 is 1.00 bits per heavy atom. The van der Waals surface area contributed by atoms with E-state index in [4.69, 9.17) is 11.6 Å². The van der Waals surface area contributed by atoms with Gasteiger partial charge in [-0.15, -0.1) is 0 Å². The number of nitrogens with zero attached hydrogens (tertiary/aromatic N) is 1. The van der Waals surface area contributed by atoms with Gasteiger partial charge in [0.05, 0.1) is 0 Å². The summed E-state index contributed by atoms with van der Waals surface area (Å²) in [4.78, 5) is 2.53. The van der Waals surface area contributed by atoms with Gasteiger partial charge in [-0.25, -0.2) is 0 Å². The zero-order valence-electron chi connectivity index (χ0n) is 15.4. The molecular formula is C20H36ClN. The van der Waals surface area contributed by atoms with Crippen LogP contribution in [0, 0.1) is 5.92 Å². The van der Waals surface area contributed by atoms with Crippen molar-refractivity contribution in [2.75, 3.05) is 13.1 Å². The minimum Gasteiger partial charge on any atom is -0.299 e. The molecule has 0 aliphatic rings. The molecule has 0 saturated heterocycles. The quantitative estimate of drug-likeness (QED) is 0.451. The van der Waals surface area contributed by atoms with E-state index in [0.717, 1.165) is 17.5 Å². The lowest BCUT2D eigenvalue weighted by atomic mass is 10.2. The third kappa shape index (κ3) is 12.1. The van der Waals surface area contributed by atoms with Crippen LogP contribution < -0.4 is 0 Å². The van der Waals surface area contributed by atoms with Gasteiger partial charge in [0.15, 0.2) is 0 Å². The molecule has 22 heavy (non-hydrogen) atoms. The highest BCUT2D eigenvalue weighted by Gasteiger charge is 2.04. The summed E-state index contributed by atoms with van der Waals surface area (Å²) in [5.74, 6) is 0.884. The zero-order chi connectivity index (χ0) is 16.8. The van der Waals surface area contributed by atoms with Crippen LogP contribution >= 0.6 is 11.6 Å². The van der Waals surface area contributed by atoms with Gasteiger partial charge in [0, 0.05) is 11.6 Å². The number of hydrogen-bond acceptors (Lipinski definition) is 1. The minimum absolute atomic E-state index is 0.840. The summed E-state index contributed by atoms with van der Waals surface area (Å²) in [5, 5.41) is 0.840. The largest absolute Gasteiger partial charge is 0.299 e. The van der Waals surface area contributed by atoms with Crippen molar-refractivity contribution in [2.24, 2.45) is 5.92 Å². The molecule has 2 heteroatoms. The number of unbranched alkanes of at least 4 members (excludes halogenated alkanes) is 2. The van der Waals surface area contributed by atoms with Crippen molar-refractivity contribution < 1.29 is 0 Å². The summed E-state index contributed by atoms with van der Waals surface area (Å²) in [5.41, 5.74) is 1.32. The van der Waals surface area contributed by atoms with Crippen LogP contribution in [0.15, 0.2) is 24.3 Å². The van der Waals surface area contributed by atoms with Crippen molar-refractivity contribution in [3.63, 3.8) is 0 Å². The molecule has 0 saturated carbocycles. The van der Waals surface area contributed by atoms with Crippen molar-refractivity contribution in [2.45, 2.75) is 73.3 Å². The molecule has 1 aromatic carbocycles. The van der Waals surface area contributed by atoms with Crippen molar-refractivity contribution in [3.8, 4) is 0 Å². The minimum atomic E-state index is 0.840. The van der Waals surface area contributed by atoms with Gasteiger partial charge < -0.3 is 0 Å². The molecule has 0 heterocycles. The van der Waals surface area contributed by atoms with E-state index in [1.54, 1.807) is 0 Å². The molecule has 0 N–H and O–H groups in total. The first-order valence-electron chi connectivity index (χ1n) is 9.00. The van der Waals surface area contributed by atoms with E-state index in [9.17, 15) is 0 Å². The van der Waals surface area contributed by atoms with E-state index in [0.29, 0.717) is 0 Å². The van der Waals surface area contributed by atoms with Gasteiger partial charge in [0.25, 0.3) is 0 Å². The summed E-state index contributed by atoms with van der Waals surface area (Å²) in [6.07, 6.45) is 6.44. The first-order chi connectivity index (χ1) is 10.5. The number of hydrogen-bond donors (Lipinski definition) is 0. The zero-order valence-corrected chi connectivity index (χ0v) is 16.1. The van der Waals surface area contributed by atoms with Crippen LogP contribution in [0.2, 0.25) is 5.02 Å². The van der Waals surface area contributed by atoms with Gasteiger partial charge in [-0.2, -0.15) is 0 Å². The first-order valence-corrected chi connectivity index (χ1v) is 9.37. The Kier molecular flexibility index (Phi) is 13.7. The average Bonchev–Trinajstić information content (AvgIpc) is 2.48. The smallest absolute Gasteiger partial charge is 0.0409 e. The van der Waals surface area contributed by atoms with Crippen LogP contribution in [0.4, 0.5) is 0 Å². The van der Waals surface area contributed by atoms with E-state index >= 15 is 0 Å². The van der Waals surface area contributed by atoms with Crippen molar-refractivity contribution in [1.82, 2.24) is 4.90 Å². The summed E-state index contributed by atoms with van der Waals surface area (Å²) >= 11 is 6.01. The fraction of sp³-hybridized carbons (Fsp3) is 0.700. The fourth-order valence-corrected chi connectivity index (χ4v) is 2.28. The van der Waals surface area contributed by atoms with E-state index in [1.807, 2.05) is 12.1 Å². The van der Waals surface area contributed by atoms with E-state index in [-0.39, 0.29) is 0 Å². The molecule has 0 atom stereocenters. The summed E-state index contributed by atoms with van der Waals surface area (Å²) in [6, 6.07) is 8.21. The van der Waals surface area contributed by atoms with Gasteiger partial charge in [0.1, 0.15) is 0 Å². The van der Waals surface area contributed by atoms with Crippen LogP contribution in [-0.2, 0) is 6.54 Å². The Balaban J connectivity index is 0.000000763. The third-order valence-electron chi connectivity index (χ3n) is 3.73. The summed E-state index contributed by atoms with van der Waals surface area (Å²) in [6.45, 7) is 14.5. The van der Waals surface area contributed by atoms with Crippen LogP contribution in [0.3, 0.4) is 0 Å². The number of halogens is 1. The molecule has 1 nitrogen and oxygen atoms in total. The van der Waals surface area contributed by atoms with Gasteiger partial charge in [-0.1, -0.05) is 77.6 Å². The van der Waals surface area contributed by atoms with Crippen molar-refractivity contribution in [1.29, 1.82) is 0 Å². The molecule has 0 unspecified atom stereocenters. The topological polar surface area (TPSA) is 3.24 Å². The highest BCUT2D eigenvalue weighted by molar-refractivity contribution is 6.30. The molecule has 0 aliphatic carbocycles. The highest BCUT2D eigenvalue weighted by atomic mass is 35.5. The average molecular weight is 326 g/mol. The molecule has 0 aromatic heterocycles. The molecule has 0 spiro atoms. The lowest BCUT2D eigenvalue weighted by Crippen LogP contribution is -2.25. The monoisotopic (exact) mass is 325 g/mol. The number of rotatable bonds is 9. The Morgan fingerprint density at radius 2 is 1.68 bits per heavy atom. The SMILES string of the molecule is CCC(C)C.CCCCCN(CCC)Cc1cccc(Cl)c1. The predicted molar refractivity (Wildman–Crippen MR) is 102 cm³/mol. The maximum absolute atomic E-state index is 6.01. The predicted octanol–water partition coefficient (Wildman–Crippen LogP) is 6.79. The Hall–Kier alpha value is -0.530. The van der Waals surface area contributed by atoms with Crippen LogP contribution in [0.5, 0.6) is 0 Å². The standard InChI is InChI=1S/C15H24ClN.C5H12/c1-3-5-6-11-17(10-4-2)13-14-8-7-9-15(16)12-14;1-4-5(2)3/h7-9,12H,3-6,10-11,13H2,1-2H3;5H,4H2,1-3H3. The molecule has 0 bridgehead atoms. The molecule has 0 amide bonds. The van der Waals surface area contributed by atoms with Gasteiger partial charge in [-0.05, 0) is 49.5 Å². The Morgan fingerprint density at radius 3 is 2.18 bits per heavy atom. The molecule has 1 aromatic rings. The third-order valence-corrected chi connectivity index (χ3v) is 3.96. The summed E-state index contributed by atoms with van der Waals surface area (Å²) < 4.78 is 0. The van der Waals surface area contributed by atoms with Crippen molar-refractivity contribution >= 4 is 11.6 Å². The molecular weight excluding hydrogens is 290 g/mol. The lowest BCUT2D eigenvalue weighted by Gasteiger charge is -2.21. The fourth-order valence-electron chi connectivity index (χ4n) is 2.07. The molecule has 0 radical (unpaired) electrons. The highest BCUT2D eigenvalue weighted by Crippen LogP contribution is 2.13. The maximum Gasteiger partial charge on any atom is 0.0409 e. The normalized spacial score (nSPS) is 10.7. The van der Waals surface area contributed by atoms with Crippen LogP contribution in [0.1, 0.15) is 72.3 Å².